The second-order valence-electron chi connectivity index (χ2n) is 5.92. The first-order valence-electron chi connectivity index (χ1n) is 8.60. The maximum Gasteiger partial charge on any atom is 0.573 e. The molecule has 0 aliphatic carbocycles. The van der Waals surface area contributed by atoms with E-state index in [1.807, 2.05) is 30.3 Å². The summed E-state index contributed by atoms with van der Waals surface area (Å²) in [5, 5.41) is 5.34. The third-order valence-electron chi connectivity index (χ3n) is 3.65. The molecular formula is C21H15F3N2O3S. The second kappa shape index (κ2) is 9.27. The van der Waals surface area contributed by atoms with Gasteiger partial charge in [-0.1, -0.05) is 24.3 Å². The summed E-state index contributed by atoms with van der Waals surface area (Å²) >= 11 is 5.13. The Labute approximate surface area is 175 Å². The van der Waals surface area contributed by atoms with Gasteiger partial charge in [-0.2, -0.15) is 0 Å². The first-order valence-corrected chi connectivity index (χ1v) is 9.00. The molecule has 154 valence electrons. The van der Waals surface area contributed by atoms with Crippen molar-refractivity contribution in [2.75, 3.05) is 5.32 Å². The van der Waals surface area contributed by atoms with Crippen LogP contribution >= 0.6 is 12.2 Å². The molecule has 3 rings (SSSR count). The molecule has 5 nitrogen and oxygen atoms in total. The van der Waals surface area contributed by atoms with E-state index in [9.17, 15) is 18.0 Å². The minimum atomic E-state index is -4.80. The van der Waals surface area contributed by atoms with Gasteiger partial charge in [0, 0.05) is 17.3 Å². The van der Waals surface area contributed by atoms with E-state index in [4.69, 9.17) is 17.0 Å². The Balaban J connectivity index is 1.57. The van der Waals surface area contributed by atoms with Crippen LogP contribution in [0, 0.1) is 0 Å². The van der Waals surface area contributed by atoms with Gasteiger partial charge in [0.25, 0.3) is 5.91 Å². The van der Waals surface area contributed by atoms with E-state index in [1.165, 1.54) is 12.1 Å². The number of amides is 1. The van der Waals surface area contributed by atoms with Crippen molar-refractivity contribution >= 4 is 28.9 Å². The number of carbonyl (C=O) groups is 1. The summed E-state index contributed by atoms with van der Waals surface area (Å²) in [4.78, 5) is 12.2. The van der Waals surface area contributed by atoms with Gasteiger partial charge in [-0.25, -0.2) is 0 Å². The SMILES string of the molecule is O=C(NC(=S)Nc1cccc(Oc2ccccc2)c1)c1ccc(OC(F)(F)F)cc1. The second-order valence-corrected chi connectivity index (χ2v) is 6.33. The van der Waals surface area contributed by atoms with Crippen molar-refractivity contribution in [1.29, 1.82) is 0 Å². The predicted molar refractivity (Wildman–Crippen MR) is 110 cm³/mol. The highest BCUT2D eigenvalue weighted by Gasteiger charge is 2.31. The molecule has 3 aromatic carbocycles. The summed E-state index contributed by atoms with van der Waals surface area (Å²) in [6.45, 7) is 0. The lowest BCUT2D eigenvalue weighted by Gasteiger charge is -2.12. The summed E-state index contributed by atoms with van der Waals surface area (Å²) in [5.41, 5.74) is 0.706. The molecule has 1 amide bonds. The largest absolute Gasteiger partial charge is 0.573 e. The Hall–Kier alpha value is -3.59. The summed E-state index contributed by atoms with van der Waals surface area (Å²) in [7, 11) is 0. The number of hydrogen-bond acceptors (Lipinski definition) is 4. The van der Waals surface area contributed by atoms with Crippen molar-refractivity contribution in [2.24, 2.45) is 0 Å². The highest BCUT2D eigenvalue weighted by atomic mass is 32.1. The van der Waals surface area contributed by atoms with Crippen molar-refractivity contribution in [2.45, 2.75) is 6.36 Å². The summed E-state index contributed by atoms with van der Waals surface area (Å²) < 4.78 is 46.1. The molecule has 0 spiro atoms. The predicted octanol–water partition coefficient (Wildman–Crippen LogP) is 5.50. The van der Waals surface area contributed by atoms with Crippen LogP contribution < -0.4 is 20.1 Å². The standard InChI is InChI=1S/C21H15F3N2O3S/c22-21(23,24)29-17-11-9-14(10-12-17)19(27)26-20(30)25-15-5-4-8-18(13-15)28-16-6-2-1-3-7-16/h1-13H,(H2,25,26,27,30). The molecule has 0 radical (unpaired) electrons. The van der Waals surface area contributed by atoms with E-state index in [0.29, 0.717) is 17.2 Å². The van der Waals surface area contributed by atoms with Gasteiger partial charge in [0.05, 0.1) is 0 Å². The molecule has 0 aliphatic heterocycles. The molecule has 9 heteroatoms. The van der Waals surface area contributed by atoms with Gasteiger partial charge in [0.1, 0.15) is 17.2 Å². The number of thiocarbonyl (C=S) groups is 1. The van der Waals surface area contributed by atoms with Crippen LogP contribution in [0.25, 0.3) is 0 Å². The zero-order valence-electron chi connectivity index (χ0n) is 15.3. The first-order chi connectivity index (χ1) is 14.3. The summed E-state index contributed by atoms with van der Waals surface area (Å²) in [6.07, 6.45) is -4.80. The van der Waals surface area contributed by atoms with E-state index in [0.717, 1.165) is 12.1 Å². The molecule has 0 saturated heterocycles. The van der Waals surface area contributed by atoms with E-state index in [2.05, 4.69) is 15.4 Å². The van der Waals surface area contributed by atoms with Gasteiger partial charge >= 0.3 is 6.36 Å². The zero-order valence-corrected chi connectivity index (χ0v) is 16.1. The van der Waals surface area contributed by atoms with Gasteiger partial charge in [0.2, 0.25) is 0 Å². The molecule has 0 fully saturated rings. The quantitative estimate of drug-likeness (QED) is 0.521. The number of hydrogen-bond donors (Lipinski definition) is 2. The Morgan fingerprint density at radius 2 is 1.50 bits per heavy atom. The number of alkyl halides is 3. The van der Waals surface area contributed by atoms with Crippen LogP contribution in [0.3, 0.4) is 0 Å². The molecule has 0 aliphatic rings. The van der Waals surface area contributed by atoms with Gasteiger partial charge in [-0.05, 0) is 60.7 Å². The maximum absolute atomic E-state index is 12.2. The molecule has 0 atom stereocenters. The van der Waals surface area contributed by atoms with Gasteiger partial charge < -0.3 is 14.8 Å². The molecule has 0 heterocycles. The average Bonchev–Trinajstić information content (AvgIpc) is 2.68. The van der Waals surface area contributed by atoms with Crippen molar-refractivity contribution in [1.82, 2.24) is 5.32 Å². The lowest BCUT2D eigenvalue weighted by atomic mass is 10.2. The van der Waals surface area contributed by atoms with Crippen molar-refractivity contribution in [3.05, 3.63) is 84.4 Å². The smallest absolute Gasteiger partial charge is 0.457 e. The fourth-order valence-electron chi connectivity index (χ4n) is 2.41. The molecule has 0 unspecified atom stereocenters. The number of anilines is 1. The van der Waals surface area contributed by atoms with Crippen LogP contribution in [-0.2, 0) is 0 Å². The zero-order chi connectivity index (χ0) is 21.6. The lowest BCUT2D eigenvalue weighted by molar-refractivity contribution is -0.274. The normalized spacial score (nSPS) is 10.8. The minimum Gasteiger partial charge on any atom is -0.457 e. The number of benzene rings is 3. The van der Waals surface area contributed by atoms with Crippen LogP contribution in [0.5, 0.6) is 17.2 Å². The van der Waals surface area contributed by atoms with Gasteiger partial charge in [-0.3, -0.25) is 10.1 Å². The molecule has 3 aromatic rings. The number of ether oxygens (including phenoxy) is 2. The Kier molecular flexibility index (Phi) is 6.53. The van der Waals surface area contributed by atoms with Crippen LogP contribution in [0.15, 0.2) is 78.9 Å². The fourth-order valence-corrected chi connectivity index (χ4v) is 2.62. The summed E-state index contributed by atoms with van der Waals surface area (Å²) in [5.74, 6) is 0.238. The van der Waals surface area contributed by atoms with Crippen LogP contribution in [0.1, 0.15) is 10.4 Å². The van der Waals surface area contributed by atoms with E-state index in [1.54, 1.807) is 24.3 Å². The molecule has 2 N–H and O–H groups in total. The third-order valence-corrected chi connectivity index (χ3v) is 3.85. The number of para-hydroxylation sites is 1. The monoisotopic (exact) mass is 432 g/mol. The highest BCUT2D eigenvalue weighted by Crippen LogP contribution is 2.24. The maximum atomic E-state index is 12.2. The molecule has 0 bridgehead atoms. The first kappa shape index (κ1) is 21.1. The van der Waals surface area contributed by atoms with E-state index in [-0.39, 0.29) is 10.7 Å². The minimum absolute atomic E-state index is 0.0208. The Morgan fingerprint density at radius 1 is 0.833 bits per heavy atom. The fraction of sp³-hybridized carbons (Fsp3) is 0.0476. The van der Waals surface area contributed by atoms with E-state index < -0.39 is 18.0 Å². The number of rotatable bonds is 5. The topological polar surface area (TPSA) is 59.6 Å². The molecule has 0 aromatic heterocycles. The Bertz CT molecular complexity index is 1030. The van der Waals surface area contributed by atoms with Crippen LogP contribution in [0.2, 0.25) is 0 Å². The number of nitrogens with one attached hydrogen (secondary N) is 2. The molecule has 30 heavy (non-hydrogen) atoms. The van der Waals surface area contributed by atoms with Gasteiger partial charge in [0.15, 0.2) is 5.11 Å². The molecular weight excluding hydrogens is 417 g/mol. The van der Waals surface area contributed by atoms with Crippen molar-refractivity contribution in [3.8, 4) is 17.2 Å². The highest BCUT2D eigenvalue weighted by molar-refractivity contribution is 7.80. The van der Waals surface area contributed by atoms with Crippen LogP contribution in [0.4, 0.5) is 18.9 Å². The van der Waals surface area contributed by atoms with E-state index >= 15 is 0 Å². The third kappa shape index (κ3) is 6.49. The summed E-state index contributed by atoms with van der Waals surface area (Å²) in [6, 6.07) is 20.7. The lowest BCUT2D eigenvalue weighted by Crippen LogP contribution is -2.34. The average molecular weight is 432 g/mol. The van der Waals surface area contributed by atoms with Crippen molar-refractivity contribution in [3.63, 3.8) is 0 Å². The van der Waals surface area contributed by atoms with Crippen LogP contribution in [-0.4, -0.2) is 17.4 Å². The van der Waals surface area contributed by atoms with Crippen molar-refractivity contribution < 1.29 is 27.4 Å². The number of halogens is 3. The number of carbonyl (C=O) groups excluding carboxylic acids is 1. The van der Waals surface area contributed by atoms with Gasteiger partial charge in [-0.15, -0.1) is 13.2 Å². The Morgan fingerprint density at radius 3 is 2.17 bits per heavy atom. The molecule has 0 saturated carbocycles.